The van der Waals surface area contributed by atoms with Crippen molar-refractivity contribution in [3.05, 3.63) is 77.4 Å². The number of nitrogens with one attached hydrogen (secondary N) is 1. The average molecular weight is 469 g/mol. The highest BCUT2D eigenvalue weighted by atomic mass is 32.2. The van der Waals surface area contributed by atoms with Gasteiger partial charge in [0.25, 0.3) is 0 Å². The lowest BCUT2D eigenvalue weighted by molar-refractivity contribution is 0.105. The van der Waals surface area contributed by atoms with Crippen LogP contribution in [-0.2, 0) is 22.0 Å². The number of benzene rings is 2. The second-order valence-electron chi connectivity index (χ2n) is 9.27. The number of sulfonamides is 1. The molecule has 5 nitrogen and oxygen atoms in total. The standard InChI is InChI=1S/C26H29FN2O3S/c1-17(6-5-7-18-8-10-20(27)11-9-18)19-14-23(29-33(4,30)31)25-21-16-28-13-12-22(21)26(2,3)32-24(25)15-19/h8-17,29H,5-7H2,1-4H3. The van der Waals surface area contributed by atoms with Gasteiger partial charge in [0.05, 0.1) is 11.9 Å². The first-order valence-electron chi connectivity index (χ1n) is 11.1. The molecule has 0 saturated carbocycles. The topological polar surface area (TPSA) is 68.3 Å². The van der Waals surface area contributed by atoms with Crippen molar-refractivity contribution in [1.82, 2.24) is 4.98 Å². The van der Waals surface area contributed by atoms with E-state index in [9.17, 15) is 12.8 Å². The van der Waals surface area contributed by atoms with Gasteiger partial charge < -0.3 is 4.74 Å². The Labute approximate surface area is 195 Å². The maximum atomic E-state index is 13.1. The predicted molar refractivity (Wildman–Crippen MR) is 130 cm³/mol. The zero-order valence-electron chi connectivity index (χ0n) is 19.4. The molecule has 7 heteroatoms. The molecule has 1 aliphatic heterocycles. The molecule has 0 aliphatic carbocycles. The van der Waals surface area contributed by atoms with E-state index in [-0.39, 0.29) is 11.7 Å². The number of hydrogen-bond acceptors (Lipinski definition) is 4. The van der Waals surface area contributed by atoms with Gasteiger partial charge in [0.2, 0.25) is 10.0 Å². The second kappa shape index (κ2) is 8.78. The molecular weight excluding hydrogens is 439 g/mol. The normalized spacial score (nSPS) is 15.2. The molecule has 0 spiro atoms. The molecule has 1 N–H and O–H groups in total. The van der Waals surface area contributed by atoms with Gasteiger partial charge in [0.1, 0.15) is 17.2 Å². The largest absolute Gasteiger partial charge is 0.482 e. The highest BCUT2D eigenvalue weighted by Gasteiger charge is 2.35. The fourth-order valence-corrected chi connectivity index (χ4v) is 5.00. The Morgan fingerprint density at radius 3 is 2.58 bits per heavy atom. The molecule has 3 aromatic rings. The Bertz CT molecular complexity index is 1270. The zero-order valence-corrected chi connectivity index (χ0v) is 20.2. The Kier molecular flexibility index (Phi) is 6.18. The summed E-state index contributed by atoms with van der Waals surface area (Å²) in [5.41, 5.74) is 4.57. The molecular formula is C26H29FN2O3S. The predicted octanol–water partition coefficient (Wildman–Crippen LogP) is 6.01. The van der Waals surface area contributed by atoms with Crippen LogP contribution in [0.3, 0.4) is 0 Å². The average Bonchev–Trinajstić information content (AvgIpc) is 2.73. The van der Waals surface area contributed by atoms with Crippen molar-refractivity contribution < 1.29 is 17.5 Å². The van der Waals surface area contributed by atoms with Gasteiger partial charge in [0.15, 0.2) is 0 Å². The van der Waals surface area contributed by atoms with Crippen molar-refractivity contribution in [1.29, 1.82) is 0 Å². The van der Waals surface area contributed by atoms with Crippen molar-refractivity contribution in [2.45, 2.75) is 51.6 Å². The SMILES string of the molecule is CC(CCCc1ccc(F)cc1)c1cc(NS(C)(=O)=O)c2c(c1)OC(C)(C)c1ccncc1-2. The number of fused-ring (bicyclic) bond motifs is 3. The van der Waals surface area contributed by atoms with Crippen LogP contribution >= 0.6 is 0 Å². The summed E-state index contributed by atoms with van der Waals surface area (Å²) >= 11 is 0. The number of halogens is 1. The Morgan fingerprint density at radius 1 is 1.15 bits per heavy atom. The van der Waals surface area contributed by atoms with E-state index < -0.39 is 15.6 Å². The number of anilines is 1. The maximum Gasteiger partial charge on any atom is 0.229 e. The van der Waals surface area contributed by atoms with Crippen LogP contribution in [0, 0.1) is 5.82 Å². The lowest BCUT2D eigenvalue weighted by atomic mass is 9.85. The molecule has 4 rings (SSSR count). The third kappa shape index (κ3) is 5.19. The van der Waals surface area contributed by atoms with Crippen LogP contribution in [0.5, 0.6) is 5.75 Å². The molecule has 0 saturated heterocycles. The zero-order chi connectivity index (χ0) is 23.8. The minimum atomic E-state index is -3.50. The van der Waals surface area contributed by atoms with Crippen molar-refractivity contribution in [2.75, 3.05) is 11.0 Å². The number of rotatable bonds is 7. The number of nitrogens with zero attached hydrogens (tertiary/aromatic N) is 1. The van der Waals surface area contributed by atoms with E-state index in [1.54, 1.807) is 12.4 Å². The summed E-state index contributed by atoms with van der Waals surface area (Å²) in [6, 6.07) is 12.4. The molecule has 33 heavy (non-hydrogen) atoms. The quantitative estimate of drug-likeness (QED) is 0.461. The lowest BCUT2D eigenvalue weighted by Gasteiger charge is -2.36. The lowest BCUT2D eigenvalue weighted by Crippen LogP contribution is -2.30. The fraction of sp³-hybridized carbons (Fsp3) is 0.346. The Hall–Kier alpha value is -2.93. The van der Waals surface area contributed by atoms with E-state index in [1.807, 2.05) is 44.2 Å². The molecule has 1 aliphatic rings. The van der Waals surface area contributed by atoms with E-state index >= 15 is 0 Å². The summed E-state index contributed by atoms with van der Waals surface area (Å²) in [6.07, 6.45) is 7.31. The smallest absolute Gasteiger partial charge is 0.229 e. The number of pyridine rings is 1. The summed E-state index contributed by atoms with van der Waals surface area (Å²) < 4.78 is 46.5. The number of ether oxygens (including phenoxy) is 1. The maximum absolute atomic E-state index is 13.1. The first kappa shape index (κ1) is 23.2. The van der Waals surface area contributed by atoms with E-state index in [0.717, 1.165) is 47.8 Å². The summed E-state index contributed by atoms with van der Waals surface area (Å²) in [5.74, 6) is 0.596. The molecule has 0 amide bonds. The molecule has 0 fully saturated rings. The molecule has 0 radical (unpaired) electrons. The van der Waals surface area contributed by atoms with E-state index in [1.165, 1.54) is 12.1 Å². The van der Waals surface area contributed by atoms with Crippen LogP contribution in [0.25, 0.3) is 11.1 Å². The number of aryl methyl sites for hydroxylation is 1. The van der Waals surface area contributed by atoms with Gasteiger partial charge in [0, 0.05) is 29.1 Å². The minimum Gasteiger partial charge on any atom is -0.482 e. The minimum absolute atomic E-state index is 0.179. The number of aromatic nitrogens is 1. The van der Waals surface area contributed by atoms with Gasteiger partial charge in [-0.25, -0.2) is 12.8 Å². The molecule has 2 aromatic carbocycles. The summed E-state index contributed by atoms with van der Waals surface area (Å²) in [7, 11) is -3.50. The van der Waals surface area contributed by atoms with Crippen molar-refractivity contribution >= 4 is 15.7 Å². The van der Waals surface area contributed by atoms with Crippen LogP contribution in [0.1, 0.15) is 56.2 Å². The highest BCUT2D eigenvalue weighted by Crippen LogP contribution is 2.49. The summed E-state index contributed by atoms with van der Waals surface area (Å²) in [5, 5.41) is 0. The van der Waals surface area contributed by atoms with E-state index in [0.29, 0.717) is 17.0 Å². The first-order valence-corrected chi connectivity index (χ1v) is 13.0. The summed E-state index contributed by atoms with van der Waals surface area (Å²) in [4.78, 5) is 4.28. The van der Waals surface area contributed by atoms with Crippen LogP contribution in [0.15, 0.2) is 54.9 Å². The first-order chi connectivity index (χ1) is 15.5. The molecule has 0 bridgehead atoms. The van der Waals surface area contributed by atoms with Crippen molar-refractivity contribution in [2.24, 2.45) is 0 Å². The van der Waals surface area contributed by atoms with Gasteiger partial charge in [-0.15, -0.1) is 0 Å². The third-order valence-corrected chi connectivity index (χ3v) is 6.70. The fourth-order valence-electron chi connectivity index (χ4n) is 4.44. The van der Waals surface area contributed by atoms with E-state index in [2.05, 4.69) is 16.6 Å². The Morgan fingerprint density at radius 2 is 1.88 bits per heavy atom. The third-order valence-electron chi connectivity index (χ3n) is 6.11. The van der Waals surface area contributed by atoms with Crippen LogP contribution in [0.2, 0.25) is 0 Å². The van der Waals surface area contributed by atoms with Gasteiger partial charge in [-0.2, -0.15) is 0 Å². The van der Waals surface area contributed by atoms with Crippen molar-refractivity contribution in [3.8, 4) is 16.9 Å². The monoisotopic (exact) mass is 468 g/mol. The van der Waals surface area contributed by atoms with Crippen LogP contribution in [-0.4, -0.2) is 19.7 Å². The Balaban J connectivity index is 1.66. The van der Waals surface area contributed by atoms with Crippen LogP contribution < -0.4 is 9.46 Å². The molecule has 1 atom stereocenters. The molecule has 2 heterocycles. The van der Waals surface area contributed by atoms with Crippen LogP contribution in [0.4, 0.5) is 10.1 Å². The van der Waals surface area contributed by atoms with Gasteiger partial charge in [-0.3, -0.25) is 9.71 Å². The molecule has 174 valence electrons. The van der Waals surface area contributed by atoms with Crippen molar-refractivity contribution in [3.63, 3.8) is 0 Å². The van der Waals surface area contributed by atoms with Gasteiger partial charge in [-0.1, -0.05) is 19.1 Å². The van der Waals surface area contributed by atoms with Gasteiger partial charge in [-0.05, 0) is 80.5 Å². The number of hydrogen-bond donors (Lipinski definition) is 1. The summed E-state index contributed by atoms with van der Waals surface area (Å²) in [6.45, 7) is 6.12. The second-order valence-corrected chi connectivity index (χ2v) is 11.0. The van der Waals surface area contributed by atoms with Gasteiger partial charge >= 0.3 is 0 Å². The van der Waals surface area contributed by atoms with E-state index in [4.69, 9.17) is 4.74 Å². The molecule has 1 unspecified atom stereocenters. The highest BCUT2D eigenvalue weighted by molar-refractivity contribution is 7.92. The molecule has 1 aromatic heterocycles.